The Kier molecular flexibility index (Phi) is 5.12. The van der Waals surface area contributed by atoms with Crippen LogP contribution in [-0.4, -0.2) is 29.7 Å². The summed E-state index contributed by atoms with van der Waals surface area (Å²) in [4.78, 5) is 28.1. The van der Waals surface area contributed by atoms with Crippen LogP contribution in [0.5, 0.6) is 0 Å². The number of aromatic nitrogens is 1. The Labute approximate surface area is 147 Å². The van der Waals surface area contributed by atoms with Gasteiger partial charge in [-0.25, -0.2) is 9.78 Å². The predicted molar refractivity (Wildman–Crippen MR) is 96.8 cm³/mol. The van der Waals surface area contributed by atoms with Crippen molar-refractivity contribution in [2.75, 3.05) is 18.2 Å². The summed E-state index contributed by atoms with van der Waals surface area (Å²) in [6, 6.07) is 14.5. The fraction of sp³-hybridized carbons (Fsp3) is 0.118. The zero-order chi connectivity index (χ0) is 16.9. The van der Waals surface area contributed by atoms with Crippen molar-refractivity contribution in [2.24, 2.45) is 0 Å². The van der Waals surface area contributed by atoms with Crippen molar-refractivity contribution in [3.8, 4) is 0 Å². The van der Waals surface area contributed by atoms with Gasteiger partial charge in [-0.1, -0.05) is 30.0 Å². The molecule has 2 aromatic carbocycles. The highest BCUT2D eigenvalue weighted by atomic mass is 32.2. The lowest BCUT2D eigenvalue weighted by atomic mass is 10.2. The highest BCUT2D eigenvalue weighted by molar-refractivity contribution is 8.01. The molecule has 0 aliphatic carbocycles. The van der Waals surface area contributed by atoms with Crippen molar-refractivity contribution >= 4 is 50.9 Å². The number of methoxy groups -OCH3 is 1. The van der Waals surface area contributed by atoms with Crippen LogP contribution in [0.1, 0.15) is 10.4 Å². The Hall–Kier alpha value is -2.38. The number of benzene rings is 2. The molecule has 24 heavy (non-hydrogen) atoms. The lowest BCUT2D eigenvalue weighted by Gasteiger charge is -2.06. The number of carbonyl (C=O) groups is 2. The molecule has 0 spiro atoms. The van der Waals surface area contributed by atoms with Gasteiger partial charge in [0.05, 0.1) is 28.6 Å². The molecule has 5 nitrogen and oxygen atoms in total. The number of anilines is 1. The van der Waals surface area contributed by atoms with Gasteiger partial charge in [0.15, 0.2) is 4.34 Å². The molecule has 0 aliphatic rings. The van der Waals surface area contributed by atoms with E-state index in [0.717, 1.165) is 14.6 Å². The number of para-hydroxylation sites is 1. The predicted octanol–water partition coefficient (Wildman–Crippen LogP) is 3.81. The molecule has 0 saturated heterocycles. The zero-order valence-electron chi connectivity index (χ0n) is 12.8. The zero-order valence-corrected chi connectivity index (χ0v) is 14.4. The number of carbonyl (C=O) groups excluding carboxylic acids is 2. The Bertz CT molecular complexity index is 859. The third-order valence-corrected chi connectivity index (χ3v) is 5.35. The van der Waals surface area contributed by atoms with Gasteiger partial charge in [0.25, 0.3) is 0 Å². The maximum atomic E-state index is 12.1. The molecule has 1 amide bonds. The van der Waals surface area contributed by atoms with Crippen molar-refractivity contribution in [3.63, 3.8) is 0 Å². The summed E-state index contributed by atoms with van der Waals surface area (Å²) >= 11 is 2.96. The van der Waals surface area contributed by atoms with Gasteiger partial charge in [-0.3, -0.25) is 4.79 Å². The normalized spacial score (nSPS) is 10.5. The number of hydrogen-bond donors (Lipinski definition) is 1. The molecule has 1 heterocycles. The van der Waals surface area contributed by atoms with Crippen LogP contribution in [0.25, 0.3) is 10.2 Å². The first-order valence-corrected chi connectivity index (χ1v) is 8.92. The number of thiazole rings is 1. The third-order valence-electron chi connectivity index (χ3n) is 3.17. The molecule has 3 rings (SSSR count). The Morgan fingerprint density at radius 3 is 2.83 bits per heavy atom. The first kappa shape index (κ1) is 16.5. The fourth-order valence-corrected chi connectivity index (χ4v) is 3.95. The van der Waals surface area contributed by atoms with Crippen molar-refractivity contribution in [1.29, 1.82) is 0 Å². The molecule has 0 unspecified atom stereocenters. The first-order chi connectivity index (χ1) is 11.7. The third kappa shape index (κ3) is 3.93. The topological polar surface area (TPSA) is 68.3 Å². The van der Waals surface area contributed by atoms with Gasteiger partial charge in [0.1, 0.15) is 0 Å². The summed E-state index contributed by atoms with van der Waals surface area (Å²) in [7, 11) is 1.32. The molecule has 0 radical (unpaired) electrons. The SMILES string of the molecule is COC(=O)c1cccc(NC(=O)CSc2nc3ccccc3s2)c1. The first-order valence-electron chi connectivity index (χ1n) is 7.12. The lowest BCUT2D eigenvalue weighted by Crippen LogP contribution is -2.14. The van der Waals surface area contributed by atoms with Crippen LogP contribution in [0.4, 0.5) is 5.69 Å². The van der Waals surface area contributed by atoms with Crippen LogP contribution in [0.2, 0.25) is 0 Å². The highest BCUT2D eigenvalue weighted by Crippen LogP contribution is 2.29. The van der Waals surface area contributed by atoms with Gasteiger partial charge >= 0.3 is 5.97 Å². The molecule has 1 aromatic heterocycles. The van der Waals surface area contributed by atoms with Gasteiger partial charge in [-0.2, -0.15) is 0 Å². The summed E-state index contributed by atoms with van der Waals surface area (Å²) in [5, 5.41) is 2.77. The number of esters is 1. The van der Waals surface area contributed by atoms with Crippen LogP contribution in [0, 0.1) is 0 Å². The van der Waals surface area contributed by atoms with Gasteiger partial charge < -0.3 is 10.1 Å². The second kappa shape index (κ2) is 7.46. The Morgan fingerprint density at radius 1 is 1.21 bits per heavy atom. The van der Waals surface area contributed by atoms with E-state index in [9.17, 15) is 9.59 Å². The molecule has 122 valence electrons. The number of hydrogen-bond acceptors (Lipinski definition) is 6. The summed E-state index contributed by atoms with van der Waals surface area (Å²) in [5.74, 6) is -0.335. The van der Waals surface area contributed by atoms with E-state index in [4.69, 9.17) is 0 Å². The fourth-order valence-electron chi connectivity index (χ4n) is 2.08. The van der Waals surface area contributed by atoms with Crippen LogP contribution < -0.4 is 5.32 Å². The summed E-state index contributed by atoms with van der Waals surface area (Å²) in [5.41, 5.74) is 1.90. The monoisotopic (exact) mass is 358 g/mol. The molecule has 1 N–H and O–H groups in total. The van der Waals surface area contributed by atoms with Crippen molar-refractivity contribution in [2.45, 2.75) is 4.34 Å². The molecule has 0 atom stereocenters. The maximum Gasteiger partial charge on any atom is 0.337 e. The molecule has 0 aliphatic heterocycles. The number of nitrogens with one attached hydrogen (secondary N) is 1. The molecule has 7 heteroatoms. The number of nitrogens with zero attached hydrogens (tertiary/aromatic N) is 1. The maximum absolute atomic E-state index is 12.1. The van der Waals surface area contributed by atoms with E-state index in [-0.39, 0.29) is 11.7 Å². The highest BCUT2D eigenvalue weighted by Gasteiger charge is 2.10. The van der Waals surface area contributed by atoms with Crippen molar-refractivity contribution in [1.82, 2.24) is 4.98 Å². The van der Waals surface area contributed by atoms with Crippen LogP contribution in [-0.2, 0) is 9.53 Å². The van der Waals surface area contributed by atoms with E-state index in [0.29, 0.717) is 11.3 Å². The van der Waals surface area contributed by atoms with Crippen LogP contribution in [0.3, 0.4) is 0 Å². The minimum absolute atomic E-state index is 0.152. The van der Waals surface area contributed by atoms with Crippen molar-refractivity contribution in [3.05, 3.63) is 54.1 Å². The molecule has 0 bridgehead atoms. The second-order valence-electron chi connectivity index (χ2n) is 4.86. The number of rotatable bonds is 5. The summed E-state index contributed by atoms with van der Waals surface area (Å²) in [6.45, 7) is 0. The lowest BCUT2D eigenvalue weighted by molar-refractivity contribution is -0.113. The number of amides is 1. The number of ether oxygens (including phenoxy) is 1. The molecule has 3 aromatic rings. The summed E-state index contributed by atoms with van der Waals surface area (Å²) < 4.78 is 6.63. The standard InChI is InChI=1S/C17H14N2O3S2/c1-22-16(21)11-5-4-6-12(9-11)18-15(20)10-23-17-19-13-7-2-3-8-14(13)24-17/h2-9H,10H2,1H3,(H,18,20). The van der Waals surface area contributed by atoms with Gasteiger partial charge in [-0.15, -0.1) is 11.3 Å². The van der Waals surface area contributed by atoms with Gasteiger partial charge in [-0.05, 0) is 30.3 Å². The minimum atomic E-state index is -0.435. The van der Waals surface area contributed by atoms with Gasteiger partial charge in [0, 0.05) is 5.69 Å². The largest absolute Gasteiger partial charge is 0.465 e. The molecular formula is C17H14N2O3S2. The quantitative estimate of drug-likeness (QED) is 0.555. The van der Waals surface area contributed by atoms with E-state index in [1.54, 1.807) is 35.6 Å². The van der Waals surface area contributed by atoms with E-state index < -0.39 is 5.97 Å². The smallest absolute Gasteiger partial charge is 0.337 e. The van der Waals surface area contributed by atoms with Crippen LogP contribution in [0.15, 0.2) is 52.9 Å². The van der Waals surface area contributed by atoms with E-state index in [1.165, 1.54) is 18.9 Å². The molecule has 0 fully saturated rings. The van der Waals surface area contributed by atoms with E-state index in [1.807, 2.05) is 24.3 Å². The number of fused-ring (bicyclic) bond motifs is 1. The minimum Gasteiger partial charge on any atom is -0.465 e. The average molecular weight is 358 g/mol. The Balaban J connectivity index is 1.60. The van der Waals surface area contributed by atoms with Crippen molar-refractivity contribution < 1.29 is 14.3 Å². The van der Waals surface area contributed by atoms with Crippen LogP contribution >= 0.6 is 23.1 Å². The second-order valence-corrected chi connectivity index (χ2v) is 7.11. The number of thioether (sulfide) groups is 1. The Morgan fingerprint density at radius 2 is 2.04 bits per heavy atom. The summed E-state index contributed by atoms with van der Waals surface area (Å²) in [6.07, 6.45) is 0. The molecule has 0 saturated carbocycles. The van der Waals surface area contributed by atoms with E-state index in [2.05, 4.69) is 15.0 Å². The average Bonchev–Trinajstić information content (AvgIpc) is 3.02. The van der Waals surface area contributed by atoms with E-state index >= 15 is 0 Å². The van der Waals surface area contributed by atoms with Gasteiger partial charge in [0.2, 0.25) is 5.91 Å². The molecular weight excluding hydrogens is 344 g/mol.